The molecule has 0 saturated heterocycles. The van der Waals surface area contributed by atoms with Gasteiger partial charge in [0.2, 0.25) is 0 Å². The zero-order chi connectivity index (χ0) is 16.5. The standard InChI is InChI=1S/C14H18F2N4OS/c1-13(2,3)22(21)19-7-11-5-10-6-18-20(9-14(4,15)16)12(10)8-17-11/h5-8H,9H2,1-4H3/t22-/m1/s1. The predicted molar refractivity (Wildman–Crippen MR) is 83.6 cm³/mol. The Labute approximate surface area is 130 Å². The van der Waals surface area contributed by atoms with Gasteiger partial charge in [-0.15, -0.1) is 0 Å². The summed E-state index contributed by atoms with van der Waals surface area (Å²) < 4.78 is 42.8. The van der Waals surface area contributed by atoms with Crippen LogP contribution in [0.3, 0.4) is 0 Å². The van der Waals surface area contributed by atoms with Gasteiger partial charge in [-0.3, -0.25) is 9.67 Å². The van der Waals surface area contributed by atoms with Crippen molar-refractivity contribution in [3.63, 3.8) is 0 Å². The van der Waals surface area contributed by atoms with Gasteiger partial charge in [0.1, 0.15) is 17.5 Å². The zero-order valence-electron chi connectivity index (χ0n) is 12.9. The smallest absolute Gasteiger partial charge is 0.257 e. The zero-order valence-corrected chi connectivity index (χ0v) is 13.7. The van der Waals surface area contributed by atoms with Crippen LogP contribution in [0, 0.1) is 0 Å². The van der Waals surface area contributed by atoms with Crippen LogP contribution < -0.4 is 0 Å². The van der Waals surface area contributed by atoms with Gasteiger partial charge in [0.25, 0.3) is 5.92 Å². The molecule has 0 saturated carbocycles. The molecule has 22 heavy (non-hydrogen) atoms. The maximum Gasteiger partial charge on any atom is 0.264 e. The number of pyridine rings is 1. The Morgan fingerprint density at radius 3 is 2.59 bits per heavy atom. The number of hydrogen-bond acceptors (Lipinski definition) is 3. The van der Waals surface area contributed by atoms with Crippen molar-refractivity contribution in [3.05, 3.63) is 24.2 Å². The topological polar surface area (TPSA) is 60.1 Å². The van der Waals surface area contributed by atoms with Crippen LogP contribution in [0.4, 0.5) is 8.78 Å². The Kier molecular flexibility index (Phi) is 4.42. The van der Waals surface area contributed by atoms with Gasteiger partial charge >= 0.3 is 0 Å². The third-order valence-corrected chi connectivity index (χ3v) is 4.13. The van der Waals surface area contributed by atoms with E-state index >= 15 is 0 Å². The van der Waals surface area contributed by atoms with Crippen LogP contribution in [0.15, 0.2) is 22.9 Å². The fraction of sp³-hybridized carbons (Fsp3) is 0.500. The van der Waals surface area contributed by atoms with Crippen molar-refractivity contribution in [2.75, 3.05) is 0 Å². The maximum absolute atomic E-state index is 13.1. The number of hydrogen-bond donors (Lipinski definition) is 0. The van der Waals surface area contributed by atoms with Crippen LogP contribution >= 0.6 is 0 Å². The molecule has 0 aliphatic rings. The molecule has 0 unspecified atom stereocenters. The van der Waals surface area contributed by atoms with E-state index in [1.54, 1.807) is 6.07 Å². The van der Waals surface area contributed by atoms with Crippen molar-refractivity contribution in [2.45, 2.75) is 44.9 Å². The van der Waals surface area contributed by atoms with Crippen LogP contribution in [0.2, 0.25) is 0 Å². The van der Waals surface area contributed by atoms with Gasteiger partial charge in [-0.2, -0.15) is 9.50 Å². The fourth-order valence-electron chi connectivity index (χ4n) is 1.71. The Morgan fingerprint density at radius 2 is 2.00 bits per heavy atom. The Balaban J connectivity index is 2.26. The molecule has 0 fully saturated rings. The highest BCUT2D eigenvalue weighted by Gasteiger charge is 2.23. The van der Waals surface area contributed by atoms with Crippen LogP contribution in [0.5, 0.6) is 0 Å². The van der Waals surface area contributed by atoms with Crippen molar-refractivity contribution in [3.8, 4) is 0 Å². The molecule has 2 heterocycles. The molecule has 1 atom stereocenters. The number of aromatic nitrogens is 3. The van der Waals surface area contributed by atoms with Crippen molar-refractivity contribution < 1.29 is 13.0 Å². The van der Waals surface area contributed by atoms with Crippen molar-refractivity contribution in [1.82, 2.24) is 14.8 Å². The highest BCUT2D eigenvalue weighted by molar-refractivity contribution is 7.85. The number of halogens is 2. The number of rotatable bonds is 4. The summed E-state index contributed by atoms with van der Waals surface area (Å²) >= 11 is 0. The molecule has 0 aliphatic heterocycles. The first kappa shape index (κ1) is 16.7. The second kappa shape index (κ2) is 5.83. The van der Waals surface area contributed by atoms with Gasteiger partial charge in [-0.05, 0) is 26.8 Å². The van der Waals surface area contributed by atoms with Gasteiger partial charge in [0, 0.05) is 12.3 Å². The van der Waals surface area contributed by atoms with Gasteiger partial charge in [0.05, 0.1) is 34.6 Å². The predicted octanol–water partition coefficient (Wildman–Crippen LogP) is 2.97. The fourth-order valence-corrected chi connectivity index (χ4v) is 2.23. The van der Waals surface area contributed by atoms with Gasteiger partial charge in [-0.25, -0.2) is 13.0 Å². The van der Waals surface area contributed by atoms with Crippen molar-refractivity contribution in [1.29, 1.82) is 0 Å². The van der Waals surface area contributed by atoms with E-state index < -0.39 is 28.2 Å². The molecule has 0 amide bonds. The third kappa shape index (κ3) is 4.16. The minimum absolute atomic E-state index is 0.446. The first-order valence-corrected chi connectivity index (χ1v) is 7.82. The summed E-state index contributed by atoms with van der Waals surface area (Å²) in [4.78, 5) is 4.13. The molecular formula is C14H18F2N4OS. The van der Waals surface area contributed by atoms with E-state index in [2.05, 4.69) is 14.5 Å². The molecule has 0 aliphatic carbocycles. The minimum atomic E-state index is -2.84. The van der Waals surface area contributed by atoms with Gasteiger partial charge in [0.15, 0.2) is 0 Å². The van der Waals surface area contributed by atoms with Crippen LogP contribution in [-0.4, -0.2) is 35.9 Å². The summed E-state index contributed by atoms with van der Waals surface area (Å²) in [5.74, 6) is -2.84. The highest BCUT2D eigenvalue weighted by atomic mass is 32.2. The molecule has 0 aromatic carbocycles. The molecule has 0 radical (unpaired) electrons. The number of alkyl halides is 2. The molecule has 5 nitrogen and oxygen atoms in total. The largest absolute Gasteiger partial charge is 0.264 e. The SMILES string of the molecule is CC(F)(F)Cn1ncc2cc(C=N[S@](=O)C(C)(C)C)ncc21. The molecule has 2 aromatic rings. The van der Waals surface area contributed by atoms with Gasteiger partial charge in [-0.1, -0.05) is 0 Å². The van der Waals surface area contributed by atoms with E-state index in [1.807, 2.05) is 20.8 Å². The van der Waals surface area contributed by atoms with E-state index in [0.717, 1.165) is 6.92 Å². The Hall–Kier alpha value is -1.70. The minimum Gasteiger partial charge on any atom is -0.257 e. The summed E-state index contributed by atoms with van der Waals surface area (Å²) in [6, 6.07) is 1.68. The van der Waals surface area contributed by atoms with E-state index in [-0.39, 0.29) is 0 Å². The monoisotopic (exact) mass is 328 g/mol. The lowest BCUT2D eigenvalue weighted by molar-refractivity contribution is 0.00181. The lowest BCUT2D eigenvalue weighted by Crippen LogP contribution is -2.20. The van der Waals surface area contributed by atoms with Crippen LogP contribution in [-0.2, 0) is 17.5 Å². The number of fused-ring (bicyclic) bond motifs is 1. The summed E-state index contributed by atoms with van der Waals surface area (Å²) in [6.07, 6.45) is 4.39. The summed E-state index contributed by atoms with van der Waals surface area (Å²) in [5, 5.41) is 4.63. The van der Waals surface area contributed by atoms with Crippen molar-refractivity contribution >= 4 is 28.1 Å². The summed E-state index contributed by atoms with van der Waals surface area (Å²) in [6.45, 7) is 5.82. The first-order chi connectivity index (χ1) is 10.1. The normalized spacial score (nSPS) is 14.8. The molecule has 2 rings (SSSR count). The lowest BCUT2D eigenvalue weighted by Gasteiger charge is -2.12. The maximum atomic E-state index is 13.1. The molecule has 0 spiro atoms. The van der Waals surface area contributed by atoms with E-state index in [0.29, 0.717) is 16.6 Å². The third-order valence-electron chi connectivity index (χ3n) is 2.78. The van der Waals surface area contributed by atoms with Gasteiger partial charge < -0.3 is 0 Å². The Morgan fingerprint density at radius 1 is 1.32 bits per heavy atom. The molecule has 0 bridgehead atoms. The quantitative estimate of drug-likeness (QED) is 0.811. The lowest BCUT2D eigenvalue weighted by atomic mass is 10.3. The van der Waals surface area contributed by atoms with E-state index in [9.17, 15) is 13.0 Å². The molecular weight excluding hydrogens is 310 g/mol. The highest BCUT2D eigenvalue weighted by Crippen LogP contribution is 2.19. The number of nitrogens with zero attached hydrogens (tertiary/aromatic N) is 4. The van der Waals surface area contributed by atoms with Crippen LogP contribution in [0.1, 0.15) is 33.4 Å². The second-order valence-electron chi connectivity index (χ2n) is 6.14. The van der Waals surface area contributed by atoms with E-state index in [4.69, 9.17) is 0 Å². The molecule has 2 aromatic heterocycles. The average Bonchev–Trinajstić information content (AvgIpc) is 2.75. The molecule has 8 heteroatoms. The first-order valence-electron chi connectivity index (χ1n) is 6.72. The second-order valence-corrected chi connectivity index (χ2v) is 8.07. The average molecular weight is 328 g/mol. The summed E-state index contributed by atoms with van der Waals surface area (Å²) in [5.41, 5.74) is 1.03. The molecule has 0 N–H and O–H groups in total. The van der Waals surface area contributed by atoms with E-state index in [1.165, 1.54) is 23.3 Å². The van der Waals surface area contributed by atoms with Crippen LogP contribution in [0.25, 0.3) is 10.9 Å². The van der Waals surface area contributed by atoms with Crippen molar-refractivity contribution in [2.24, 2.45) is 4.40 Å². The molecule has 120 valence electrons. The Bertz CT molecular complexity index is 728. The summed E-state index contributed by atoms with van der Waals surface area (Å²) in [7, 11) is -1.37.